The average molecular weight is 391 g/mol. The smallest absolute Gasteiger partial charge is 0.191 e. The Bertz CT molecular complexity index is 629. The molecule has 0 radical (unpaired) electrons. The molecule has 0 aliphatic heterocycles. The van der Waals surface area contributed by atoms with Crippen molar-refractivity contribution in [3.05, 3.63) is 11.6 Å². The fraction of sp³-hybridized carbons (Fsp3) is 0.857. The van der Waals surface area contributed by atoms with Crippen molar-refractivity contribution < 1.29 is 4.74 Å². The highest BCUT2D eigenvalue weighted by atomic mass is 16.5. The molecule has 2 N–H and O–H groups in total. The number of guanidine groups is 1. The highest BCUT2D eigenvalue weighted by Crippen LogP contribution is 2.40. The first-order chi connectivity index (χ1) is 13.6. The van der Waals surface area contributed by atoms with Crippen molar-refractivity contribution in [1.82, 2.24) is 25.4 Å². The maximum Gasteiger partial charge on any atom is 0.191 e. The standard InChI is InChI=1S/C21H38N6O/c1-4-28-14-13-21(11-7-8-12-21)16-23-20(24-18-9-5-6-10-18)22-15-19-26-25-17(2)27(19)3/h18H,4-16H2,1-3H3,(H2,22,23,24). The van der Waals surface area contributed by atoms with Crippen LogP contribution in [0.1, 0.15) is 76.4 Å². The molecule has 2 aliphatic carbocycles. The van der Waals surface area contributed by atoms with Crippen LogP contribution < -0.4 is 10.6 Å². The Balaban J connectivity index is 1.63. The summed E-state index contributed by atoms with van der Waals surface area (Å²) in [6, 6.07) is 0.537. The summed E-state index contributed by atoms with van der Waals surface area (Å²) in [5, 5.41) is 15.8. The van der Waals surface area contributed by atoms with Gasteiger partial charge < -0.3 is 19.9 Å². The third kappa shape index (κ3) is 5.69. The predicted molar refractivity (Wildman–Crippen MR) is 112 cm³/mol. The summed E-state index contributed by atoms with van der Waals surface area (Å²) in [6.45, 7) is 7.22. The third-order valence-corrected chi connectivity index (χ3v) is 6.53. The molecule has 0 unspecified atom stereocenters. The molecule has 0 atom stereocenters. The Morgan fingerprint density at radius 3 is 2.61 bits per heavy atom. The minimum absolute atomic E-state index is 0.342. The van der Waals surface area contributed by atoms with Crippen molar-refractivity contribution in [2.75, 3.05) is 19.8 Å². The van der Waals surface area contributed by atoms with Crippen molar-refractivity contribution in [3.8, 4) is 0 Å². The van der Waals surface area contributed by atoms with Gasteiger partial charge in [0.1, 0.15) is 12.4 Å². The molecule has 1 aromatic heterocycles. The topological polar surface area (TPSA) is 76.4 Å². The Labute approximate surface area is 169 Å². The second-order valence-electron chi connectivity index (χ2n) is 8.52. The van der Waals surface area contributed by atoms with Crippen LogP contribution in [0.2, 0.25) is 0 Å². The number of nitrogens with one attached hydrogen (secondary N) is 2. The van der Waals surface area contributed by atoms with E-state index in [-0.39, 0.29) is 0 Å². The van der Waals surface area contributed by atoms with Gasteiger partial charge in [0.2, 0.25) is 0 Å². The summed E-state index contributed by atoms with van der Waals surface area (Å²) < 4.78 is 7.68. The summed E-state index contributed by atoms with van der Waals surface area (Å²) in [7, 11) is 2.00. The van der Waals surface area contributed by atoms with E-state index in [1.165, 1.54) is 51.4 Å². The van der Waals surface area contributed by atoms with E-state index in [1.54, 1.807) is 0 Å². The first-order valence-corrected chi connectivity index (χ1v) is 11.1. The molecular weight excluding hydrogens is 352 g/mol. The van der Waals surface area contributed by atoms with Gasteiger partial charge in [-0.05, 0) is 51.4 Å². The molecule has 7 heteroatoms. The molecule has 0 bridgehead atoms. The lowest BCUT2D eigenvalue weighted by Crippen LogP contribution is -2.46. The zero-order chi connectivity index (χ0) is 19.8. The highest BCUT2D eigenvalue weighted by molar-refractivity contribution is 5.80. The number of nitrogens with zero attached hydrogens (tertiary/aromatic N) is 4. The predicted octanol–water partition coefficient (Wildman–Crippen LogP) is 3.09. The molecule has 1 aromatic rings. The van der Waals surface area contributed by atoms with Crippen molar-refractivity contribution in [2.24, 2.45) is 17.5 Å². The van der Waals surface area contributed by atoms with Crippen molar-refractivity contribution in [3.63, 3.8) is 0 Å². The number of rotatable bonds is 9. The van der Waals surface area contributed by atoms with Crippen molar-refractivity contribution >= 4 is 5.96 Å². The van der Waals surface area contributed by atoms with Gasteiger partial charge in [0.25, 0.3) is 0 Å². The summed E-state index contributed by atoms with van der Waals surface area (Å²) in [5.41, 5.74) is 0.342. The van der Waals surface area contributed by atoms with Crippen molar-refractivity contribution in [1.29, 1.82) is 0 Å². The maximum atomic E-state index is 5.66. The van der Waals surface area contributed by atoms with Crippen molar-refractivity contribution in [2.45, 2.75) is 84.2 Å². The Morgan fingerprint density at radius 2 is 1.96 bits per heavy atom. The lowest BCUT2D eigenvalue weighted by atomic mass is 9.83. The molecule has 0 amide bonds. The van der Waals surface area contributed by atoms with E-state index in [9.17, 15) is 0 Å². The van der Waals surface area contributed by atoms with Gasteiger partial charge in [-0.2, -0.15) is 0 Å². The van der Waals surface area contributed by atoms with E-state index in [1.807, 2.05) is 18.5 Å². The maximum absolute atomic E-state index is 5.66. The zero-order valence-corrected chi connectivity index (χ0v) is 18.0. The SMILES string of the molecule is CCOCCC1(CNC(=NCc2nnc(C)n2C)NC2CCCC2)CCCC1. The number of hydrogen-bond donors (Lipinski definition) is 2. The van der Waals surface area contributed by atoms with Gasteiger partial charge in [-0.3, -0.25) is 0 Å². The Morgan fingerprint density at radius 1 is 1.21 bits per heavy atom. The fourth-order valence-electron chi connectivity index (χ4n) is 4.50. The second-order valence-corrected chi connectivity index (χ2v) is 8.52. The molecule has 28 heavy (non-hydrogen) atoms. The molecular formula is C21H38N6O. The van der Waals surface area contributed by atoms with Crippen LogP contribution in [0.4, 0.5) is 0 Å². The molecule has 2 saturated carbocycles. The first kappa shape index (κ1) is 21.1. The number of ether oxygens (including phenoxy) is 1. The van der Waals surface area contributed by atoms with E-state index in [4.69, 9.17) is 9.73 Å². The van der Waals surface area contributed by atoms with E-state index in [2.05, 4.69) is 27.8 Å². The van der Waals surface area contributed by atoms with Gasteiger partial charge in [-0.15, -0.1) is 10.2 Å². The van der Waals surface area contributed by atoms with Crippen LogP contribution in [0.5, 0.6) is 0 Å². The molecule has 0 aromatic carbocycles. The minimum Gasteiger partial charge on any atom is -0.382 e. The zero-order valence-electron chi connectivity index (χ0n) is 18.0. The minimum atomic E-state index is 0.342. The molecule has 3 rings (SSSR count). The van der Waals surface area contributed by atoms with E-state index in [0.29, 0.717) is 18.0 Å². The molecule has 0 saturated heterocycles. The normalized spacial score (nSPS) is 20.0. The molecule has 158 valence electrons. The van der Waals surface area contributed by atoms with E-state index < -0.39 is 0 Å². The van der Waals surface area contributed by atoms with Gasteiger partial charge in [0, 0.05) is 32.8 Å². The monoisotopic (exact) mass is 390 g/mol. The van der Waals surface area contributed by atoms with Gasteiger partial charge in [-0.25, -0.2) is 4.99 Å². The first-order valence-electron chi connectivity index (χ1n) is 11.1. The second kappa shape index (κ2) is 10.2. The Kier molecular flexibility index (Phi) is 7.71. The molecule has 1 heterocycles. The molecule has 7 nitrogen and oxygen atoms in total. The van der Waals surface area contributed by atoms with E-state index >= 15 is 0 Å². The quantitative estimate of drug-likeness (QED) is 0.385. The van der Waals surface area contributed by atoms with Crippen LogP contribution in [-0.2, 0) is 18.3 Å². The number of aryl methyl sites for hydroxylation is 1. The lowest BCUT2D eigenvalue weighted by Gasteiger charge is -2.30. The number of aromatic nitrogens is 3. The molecule has 2 fully saturated rings. The molecule has 2 aliphatic rings. The summed E-state index contributed by atoms with van der Waals surface area (Å²) in [5.74, 6) is 2.75. The number of aliphatic imine (C=N–C) groups is 1. The fourth-order valence-corrected chi connectivity index (χ4v) is 4.50. The third-order valence-electron chi connectivity index (χ3n) is 6.53. The van der Waals surface area contributed by atoms with Crippen LogP contribution >= 0.6 is 0 Å². The van der Waals surface area contributed by atoms with Crippen LogP contribution in [0.3, 0.4) is 0 Å². The lowest BCUT2D eigenvalue weighted by molar-refractivity contribution is 0.105. The largest absolute Gasteiger partial charge is 0.382 e. The van der Waals surface area contributed by atoms with Gasteiger partial charge in [0.15, 0.2) is 11.8 Å². The average Bonchev–Trinajstić information content (AvgIpc) is 3.43. The van der Waals surface area contributed by atoms with Gasteiger partial charge in [0.05, 0.1) is 0 Å². The Hall–Kier alpha value is -1.63. The summed E-state index contributed by atoms with van der Waals surface area (Å²) >= 11 is 0. The van der Waals surface area contributed by atoms with E-state index in [0.717, 1.165) is 43.8 Å². The number of hydrogen-bond acceptors (Lipinski definition) is 4. The summed E-state index contributed by atoms with van der Waals surface area (Å²) in [4.78, 5) is 4.86. The van der Waals surface area contributed by atoms with Gasteiger partial charge in [-0.1, -0.05) is 25.7 Å². The van der Waals surface area contributed by atoms with Crippen LogP contribution in [0.25, 0.3) is 0 Å². The molecule has 0 spiro atoms. The van der Waals surface area contributed by atoms with Gasteiger partial charge >= 0.3 is 0 Å². The van der Waals surface area contributed by atoms with Crippen LogP contribution in [0.15, 0.2) is 4.99 Å². The highest BCUT2D eigenvalue weighted by Gasteiger charge is 2.33. The van der Waals surface area contributed by atoms with Crippen LogP contribution in [0, 0.1) is 12.3 Å². The van der Waals surface area contributed by atoms with Crippen LogP contribution in [-0.4, -0.2) is 46.5 Å². The summed E-state index contributed by atoms with van der Waals surface area (Å²) in [6.07, 6.45) is 11.4.